The summed E-state index contributed by atoms with van der Waals surface area (Å²) in [5, 5.41) is 2.97. The van der Waals surface area contributed by atoms with Crippen molar-refractivity contribution >= 4 is 22.6 Å². The van der Waals surface area contributed by atoms with Crippen molar-refractivity contribution in [1.29, 1.82) is 0 Å². The van der Waals surface area contributed by atoms with Crippen LogP contribution in [0.15, 0.2) is 67.3 Å². The topological polar surface area (TPSA) is 66.0 Å². The van der Waals surface area contributed by atoms with Gasteiger partial charge in [0.1, 0.15) is 5.52 Å². The van der Waals surface area contributed by atoms with Gasteiger partial charge in [0, 0.05) is 30.3 Å². The van der Waals surface area contributed by atoms with Gasteiger partial charge in [-0.05, 0) is 74.0 Å². The van der Waals surface area contributed by atoms with E-state index < -0.39 is 0 Å². The Morgan fingerprint density at radius 3 is 2.70 bits per heavy atom. The number of piperidine rings is 1. The van der Waals surface area contributed by atoms with Crippen molar-refractivity contribution in [3.63, 3.8) is 0 Å². The molecule has 0 aliphatic carbocycles. The Morgan fingerprint density at radius 2 is 1.87 bits per heavy atom. The molecule has 0 atom stereocenters. The summed E-state index contributed by atoms with van der Waals surface area (Å²) in [7, 11) is 0. The molecule has 1 fully saturated rings. The van der Waals surface area contributed by atoms with Crippen LogP contribution in [0.25, 0.3) is 16.7 Å². The number of benzene rings is 2. The number of imidazole rings is 1. The molecule has 5 rings (SSSR count). The lowest BCUT2D eigenvalue weighted by atomic mass is 10.1. The number of carbonyl (C=O) groups is 1. The molecule has 0 radical (unpaired) electrons. The number of amides is 1. The van der Waals surface area contributed by atoms with Crippen LogP contribution in [0.2, 0.25) is 0 Å². The highest BCUT2D eigenvalue weighted by Gasteiger charge is 2.13. The second kappa shape index (κ2) is 8.16. The van der Waals surface area contributed by atoms with Crippen LogP contribution in [0.4, 0.5) is 5.69 Å². The normalized spacial score (nSPS) is 14.8. The smallest absolute Gasteiger partial charge is 0.257 e. The van der Waals surface area contributed by atoms with Crippen LogP contribution < -0.4 is 5.32 Å². The van der Waals surface area contributed by atoms with Gasteiger partial charge in [0.25, 0.3) is 5.91 Å². The molecule has 30 heavy (non-hydrogen) atoms. The minimum atomic E-state index is -0.162. The van der Waals surface area contributed by atoms with Crippen LogP contribution in [0.3, 0.4) is 0 Å². The van der Waals surface area contributed by atoms with Crippen molar-refractivity contribution in [1.82, 2.24) is 19.4 Å². The second-order valence-electron chi connectivity index (χ2n) is 7.87. The highest BCUT2D eigenvalue weighted by Crippen LogP contribution is 2.20. The van der Waals surface area contributed by atoms with Crippen LogP contribution >= 0.6 is 0 Å². The van der Waals surface area contributed by atoms with Crippen LogP contribution in [0.1, 0.15) is 35.2 Å². The van der Waals surface area contributed by atoms with Gasteiger partial charge in [0.05, 0.1) is 17.4 Å². The molecule has 6 nitrogen and oxygen atoms in total. The third-order valence-electron chi connectivity index (χ3n) is 5.73. The summed E-state index contributed by atoms with van der Waals surface area (Å²) < 4.78 is 2.13. The number of nitrogens with one attached hydrogen (secondary N) is 2. The van der Waals surface area contributed by atoms with Gasteiger partial charge in [-0.2, -0.15) is 0 Å². The number of likely N-dealkylation sites (tertiary alicyclic amines) is 1. The number of nitrogens with zero attached hydrogens (tertiary/aromatic N) is 3. The lowest BCUT2D eigenvalue weighted by Gasteiger charge is -2.25. The van der Waals surface area contributed by atoms with Gasteiger partial charge in [0.2, 0.25) is 0 Å². The van der Waals surface area contributed by atoms with Crippen molar-refractivity contribution in [3.8, 4) is 5.69 Å². The Hall–Kier alpha value is -3.38. The number of carbonyl (C=O) groups excluding carboxylic acids is 1. The van der Waals surface area contributed by atoms with E-state index in [1.165, 1.54) is 37.9 Å². The third-order valence-corrected chi connectivity index (χ3v) is 5.73. The fourth-order valence-corrected chi connectivity index (χ4v) is 4.13. The van der Waals surface area contributed by atoms with Crippen molar-refractivity contribution in [2.24, 2.45) is 0 Å². The Labute approximate surface area is 175 Å². The van der Waals surface area contributed by atoms with Crippen LogP contribution in [-0.2, 0) is 6.54 Å². The highest BCUT2D eigenvalue weighted by atomic mass is 16.1. The highest BCUT2D eigenvalue weighted by molar-refractivity contribution is 6.11. The summed E-state index contributed by atoms with van der Waals surface area (Å²) in [6.07, 6.45) is 9.88. The summed E-state index contributed by atoms with van der Waals surface area (Å²) in [6.45, 7) is 3.41. The molecule has 2 aromatic heterocycles. The largest absolute Gasteiger partial charge is 0.345 e. The molecule has 6 heteroatoms. The average Bonchev–Trinajstić information content (AvgIpc) is 3.44. The Balaban J connectivity index is 1.26. The van der Waals surface area contributed by atoms with Gasteiger partial charge in [0.15, 0.2) is 0 Å². The van der Waals surface area contributed by atoms with Crippen molar-refractivity contribution < 1.29 is 4.79 Å². The fraction of sp³-hybridized carbons (Fsp3) is 0.250. The zero-order valence-corrected chi connectivity index (χ0v) is 16.8. The van der Waals surface area contributed by atoms with E-state index in [0.717, 1.165) is 23.4 Å². The van der Waals surface area contributed by atoms with Crippen LogP contribution in [-0.4, -0.2) is 38.4 Å². The van der Waals surface area contributed by atoms with Gasteiger partial charge in [-0.15, -0.1) is 0 Å². The molecule has 1 amide bonds. The summed E-state index contributed by atoms with van der Waals surface area (Å²) >= 11 is 0. The number of aromatic nitrogens is 3. The van der Waals surface area contributed by atoms with Gasteiger partial charge in [-0.3, -0.25) is 9.69 Å². The molecule has 152 valence electrons. The van der Waals surface area contributed by atoms with Crippen molar-refractivity contribution in [2.75, 3.05) is 18.4 Å². The Morgan fingerprint density at radius 1 is 1.03 bits per heavy atom. The zero-order chi connectivity index (χ0) is 20.3. The predicted octanol–water partition coefficient (Wildman–Crippen LogP) is 4.59. The first kappa shape index (κ1) is 18.6. The van der Waals surface area contributed by atoms with E-state index in [0.29, 0.717) is 11.1 Å². The maximum Gasteiger partial charge on any atom is 0.257 e. The van der Waals surface area contributed by atoms with Gasteiger partial charge >= 0.3 is 0 Å². The monoisotopic (exact) mass is 399 g/mol. The number of para-hydroxylation sites is 1. The maximum atomic E-state index is 12.7. The minimum Gasteiger partial charge on any atom is -0.345 e. The van der Waals surface area contributed by atoms with Gasteiger partial charge < -0.3 is 14.9 Å². The zero-order valence-electron chi connectivity index (χ0n) is 16.8. The van der Waals surface area contributed by atoms with Crippen LogP contribution in [0.5, 0.6) is 0 Å². The second-order valence-corrected chi connectivity index (χ2v) is 7.87. The fourth-order valence-electron chi connectivity index (χ4n) is 4.13. The molecule has 2 aromatic carbocycles. The summed E-state index contributed by atoms with van der Waals surface area (Å²) in [5.74, 6) is -0.162. The lowest BCUT2D eigenvalue weighted by Crippen LogP contribution is -2.28. The first-order valence-electron chi connectivity index (χ1n) is 10.5. The van der Waals surface area contributed by atoms with E-state index in [9.17, 15) is 4.79 Å². The van der Waals surface area contributed by atoms with Gasteiger partial charge in [-0.25, -0.2) is 4.98 Å². The molecule has 0 saturated carbocycles. The molecule has 2 N–H and O–H groups in total. The van der Waals surface area contributed by atoms with E-state index in [-0.39, 0.29) is 5.91 Å². The van der Waals surface area contributed by atoms with E-state index in [1.54, 1.807) is 12.4 Å². The van der Waals surface area contributed by atoms with E-state index in [1.807, 2.05) is 36.4 Å². The van der Waals surface area contributed by atoms with E-state index >= 15 is 0 Å². The number of anilines is 1. The number of rotatable bonds is 5. The first-order valence-corrected chi connectivity index (χ1v) is 10.5. The molecule has 4 aromatic rings. The Kier molecular flexibility index (Phi) is 5.07. The number of H-pyrrole nitrogens is 1. The molecule has 3 heterocycles. The number of aromatic amines is 1. The van der Waals surface area contributed by atoms with Crippen molar-refractivity contribution in [2.45, 2.75) is 25.8 Å². The molecule has 1 aliphatic heterocycles. The Bertz CT molecular complexity index is 1150. The predicted molar refractivity (Wildman–Crippen MR) is 119 cm³/mol. The molecule has 0 spiro atoms. The molecule has 0 bridgehead atoms. The lowest BCUT2D eigenvalue weighted by molar-refractivity contribution is 0.102. The SMILES string of the molecule is O=C(Nc1ccc(-n2ccc(CN3CCCCC3)c2)cc1)c1cccc2[nH]cnc12. The van der Waals surface area contributed by atoms with Crippen LogP contribution in [0, 0.1) is 0 Å². The molecule has 0 unspecified atom stereocenters. The average molecular weight is 399 g/mol. The van der Waals surface area contributed by atoms with Crippen molar-refractivity contribution in [3.05, 3.63) is 78.4 Å². The minimum absolute atomic E-state index is 0.162. The third kappa shape index (κ3) is 3.86. The van der Waals surface area contributed by atoms with Gasteiger partial charge in [-0.1, -0.05) is 12.5 Å². The summed E-state index contributed by atoms with van der Waals surface area (Å²) in [4.78, 5) is 22.5. The first-order chi connectivity index (χ1) is 14.8. The van der Waals surface area contributed by atoms with E-state index in [2.05, 4.69) is 43.2 Å². The molecular weight excluding hydrogens is 374 g/mol. The molecule has 1 aliphatic rings. The summed E-state index contributed by atoms with van der Waals surface area (Å²) in [5.41, 5.74) is 5.27. The summed E-state index contributed by atoms with van der Waals surface area (Å²) in [6, 6.07) is 15.7. The molecule has 1 saturated heterocycles. The number of hydrogen-bond donors (Lipinski definition) is 2. The number of hydrogen-bond acceptors (Lipinski definition) is 3. The maximum absolute atomic E-state index is 12.7. The quantitative estimate of drug-likeness (QED) is 0.516. The number of fused-ring (bicyclic) bond motifs is 1. The van der Waals surface area contributed by atoms with E-state index in [4.69, 9.17) is 0 Å². The standard InChI is InChI=1S/C24H25N5O/c30-24(21-5-4-6-22-23(21)26-17-25-22)27-19-7-9-20(10-8-19)29-14-11-18(16-29)15-28-12-2-1-3-13-28/h4-11,14,16-17H,1-3,12-13,15H2,(H,25,26)(H,27,30). The molecular formula is C24H25N5O.